The second kappa shape index (κ2) is 24.0. The van der Waals surface area contributed by atoms with Crippen LogP contribution in [-0.2, 0) is 37.7 Å². The lowest BCUT2D eigenvalue weighted by Gasteiger charge is -2.37. The molecule has 0 spiro atoms. The third-order valence-electron chi connectivity index (χ3n) is 11.1. The fourth-order valence-corrected chi connectivity index (χ4v) is 7.65. The number of rotatable bonds is 22. The highest BCUT2D eigenvalue weighted by Gasteiger charge is 2.36. The van der Waals surface area contributed by atoms with E-state index in [4.69, 9.17) is 14.2 Å². The van der Waals surface area contributed by atoms with Gasteiger partial charge in [-0.1, -0.05) is 140 Å². The molecule has 6 aromatic carbocycles. The monoisotopic (exact) mass is 874 g/mol. The van der Waals surface area contributed by atoms with Crippen LogP contribution in [0, 0.1) is 6.92 Å². The molecule has 336 valence electrons. The van der Waals surface area contributed by atoms with Gasteiger partial charge >= 0.3 is 6.16 Å². The number of methoxy groups -OCH3 is 1. The van der Waals surface area contributed by atoms with E-state index in [1.54, 1.807) is 43.5 Å². The van der Waals surface area contributed by atoms with Crippen LogP contribution >= 0.6 is 0 Å². The van der Waals surface area contributed by atoms with E-state index in [0.29, 0.717) is 49.2 Å². The summed E-state index contributed by atoms with van der Waals surface area (Å²) in [6, 6.07) is 50.3. The first-order valence-corrected chi connectivity index (χ1v) is 22.1. The van der Waals surface area contributed by atoms with E-state index in [-0.39, 0.29) is 25.4 Å². The number of amides is 3. The van der Waals surface area contributed by atoms with Crippen LogP contribution in [0.1, 0.15) is 72.4 Å². The summed E-state index contributed by atoms with van der Waals surface area (Å²) in [5.74, 6) is 0.0459. The number of hydrogen-bond donors (Lipinski definition) is 4. The molecule has 65 heavy (non-hydrogen) atoms. The molecule has 0 aliphatic rings. The van der Waals surface area contributed by atoms with Crippen molar-refractivity contribution in [2.45, 2.75) is 76.6 Å². The summed E-state index contributed by atoms with van der Waals surface area (Å²) in [5, 5.41) is 12.8. The molecular formula is C54H58N4O7. The number of carbonyl (C=O) groups excluding carboxylic acids is 4. The van der Waals surface area contributed by atoms with Gasteiger partial charge in [0.15, 0.2) is 0 Å². The maximum absolute atomic E-state index is 14.2. The first kappa shape index (κ1) is 47.2. The van der Waals surface area contributed by atoms with Crippen molar-refractivity contribution < 1.29 is 33.4 Å². The molecule has 0 radical (unpaired) electrons. The highest BCUT2D eigenvalue weighted by Crippen LogP contribution is 2.37. The molecule has 0 saturated carbocycles. The number of nitrogens with one attached hydrogen (secondary N) is 4. The maximum Gasteiger partial charge on any atom is 0.514 e. The van der Waals surface area contributed by atoms with Crippen molar-refractivity contribution in [2.75, 3.05) is 19.0 Å². The Hall–Kier alpha value is -7.24. The smallest absolute Gasteiger partial charge is 0.497 e. The summed E-state index contributed by atoms with van der Waals surface area (Å²) in [6.45, 7) is 4.38. The van der Waals surface area contributed by atoms with Crippen molar-refractivity contribution in [1.82, 2.24) is 16.0 Å². The van der Waals surface area contributed by atoms with E-state index in [1.165, 1.54) is 0 Å². The third kappa shape index (κ3) is 13.6. The van der Waals surface area contributed by atoms with Crippen LogP contribution in [0.15, 0.2) is 164 Å². The van der Waals surface area contributed by atoms with E-state index in [0.717, 1.165) is 33.6 Å². The maximum atomic E-state index is 14.2. The standard InChI is InChI=1S/C54H58N4O7/c1-4-16-50(59)57-49(37-40-17-8-5-9-18-40)52(61)58-48(51(60)56-45-30-26-41(27-31-45)38-64-53(62)65-47-32-24-39(2)25-33-47)23-14-15-36-55-54(42-19-10-6-11-20-42,43-21-12-7-13-22-43)44-28-34-46(63-3)35-29-44/h5-13,17-22,24-35,48-49,55H,4,14-16,23,36-38H2,1-3H3,(H,56,60)(H,57,59)(H,58,61)/t48-,49-/m0/s1. The van der Waals surface area contributed by atoms with Crippen molar-refractivity contribution in [1.29, 1.82) is 0 Å². The van der Waals surface area contributed by atoms with Crippen molar-refractivity contribution in [3.63, 3.8) is 0 Å². The van der Waals surface area contributed by atoms with E-state index < -0.39 is 35.6 Å². The first-order chi connectivity index (χ1) is 31.7. The Morgan fingerprint density at radius 3 is 1.78 bits per heavy atom. The Morgan fingerprint density at radius 1 is 0.600 bits per heavy atom. The molecule has 0 fully saturated rings. The zero-order valence-corrected chi connectivity index (χ0v) is 37.3. The second-order valence-corrected chi connectivity index (χ2v) is 15.9. The Morgan fingerprint density at radius 2 is 1.18 bits per heavy atom. The van der Waals surface area contributed by atoms with E-state index >= 15 is 0 Å². The SMILES string of the molecule is CCCC(=O)N[C@@H](Cc1ccccc1)C(=O)N[C@@H](CCCCNC(c1ccccc1)(c1ccccc1)c1ccc(OC)cc1)C(=O)Nc1ccc(COC(=O)Oc2ccc(C)cc2)cc1. The quantitative estimate of drug-likeness (QED) is 0.0229. The summed E-state index contributed by atoms with van der Waals surface area (Å²) in [5.41, 5.74) is 5.55. The van der Waals surface area contributed by atoms with E-state index in [9.17, 15) is 19.2 Å². The summed E-state index contributed by atoms with van der Waals surface area (Å²) >= 11 is 0. The zero-order chi connectivity index (χ0) is 45.9. The van der Waals surface area contributed by atoms with Crippen molar-refractivity contribution in [3.8, 4) is 11.5 Å². The van der Waals surface area contributed by atoms with Crippen LogP contribution in [0.2, 0.25) is 0 Å². The van der Waals surface area contributed by atoms with Gasteiger partial charge in [-0.2, -0.15) is 0 Å². The molecule has 4 N–H and O–H groups in total. The molecule has 0 aliphatic heterocycles. The lowest BCUT2D eigenvalue weighted by atomic mass is 9.77. The van der Waals surface area contributed by atoms with E-state index in [2.05, 4.69) is 57.7 Å². The van der Waals surface area contributed by atoms with Crippen molar-refractivity contribution >= 4 is 29.6 Å². The van der Waals surface area contributed by atoms with Gasteiger partial charge in [0, 0.05) is 18.5 Å². The average Bonchev–Trinajstić information content (AvgIpc) is 3.33. The number of aryl methyl sites for hydroxylation is 1. The molecule has 0 saturated heterocycles. The largest absolute Gasteiger partial charge is 0.514 e. The number of unbranched alkanes of at least 4 members (excludes halogenated alkanes) is 1. The van der Waals surface area contributed by atoms with Gasteiger partial charge in [-0.15, -0.1) is 0 Å². The highest BCUT2D eigenvalue weighted by atomic mass is 16.7. The van der Waals surface area contributed by atoms with Gasteiger partial charge in [0.25, 0.3) is 0 Å². The fourth-order valence-electron chi connectivity index (χ4n) is 7.65. The molecule has 0 aliphatic carbocycles. The van der Waals surface area contributed by atoms with Gasteiger partial charge < -0.3 is 30.2 Å². The van der Waals surface area contributed by atoms with Gasteiger partial charge in [0.1, 0.15) is 30.2 Å². The molecule has 11 nitrogen and oxygen atoms in total. The van der Waals surface area contributed by atoms with Crippen molar-refractivity contribution in [2.24, 2.45) is 0 Å². The molecule has 6 rings (SSSR count). The molecule has 11 heteroatoms. The van der Waals surface area contributed by atoms with Gasteiger partial charge in [0.2, 0.25) is 17.7 Å². The molecule has 0 heterocycles. The minimum atomic E-state index is -0.932. The molecule has 6 aromatic rings. The molecule has 0 bridgehead atoms. The summed E-state index contributed by atoms with van der Waals surface area (Å²) < 4.78 is 16.1. The topological polar surface area (TPSA) is 144 Å². The summed E-state index contributed by atoms with van der Waals surface area (Å²) in [7, 11) is 1.65. The highest BCUT2D eigenvalue weighted by molar-refractivity contribution is 5.98. The molecule has 0 aromatic heterocycles. The van der Waals surface area contributed by atoms with Crippen LogP contribution in [0.4, 0.5) is 10.5 Å². The first-order valence-electron chi connectivity index (χ1n) is 22.1. The van der Waals surface area contributed by atoms with Crippen LogP contribution < -0.4 is 30.7 Å². The third-order valence-corrected chi connectivity index (χ3v) is 11.1. The average molecular weight is 875 g/mol. The molecule has 3 amide bonds. The second-order valence-electron chi connectivity index (χ2n) is 15.9. The molecule has 2 atom stereocenters. The van der Waals surface area contributed by atoms with Crippen LogP contribution in [0.5, 0.6) is 11.5 Å². The van der Waals surface area contributed by atoms with Crippen LogP contribution in [-0.4, -0.2) is 49.6 Å². The molecule has 0 unspecified atom stereocenters. The fraction of sp³-hybridized carbons (Fsp3) is 0.259. The predicted molar refractivity (Wildman–Crippen MR) is 254 cm³/mol. The van der Waals surface area contributed by atoms with Gasteiger partial charge in [-0.3, -0.25) is 19.7 Å². The normalized spacial score (nSPS) is 12.0. The summed E-state index contributed by atoms with van der Waals surface area (Å²) in [6.07, 6.45) is 1.89. The number of benzene rings is 6. The predicted octanol–water partition coefficient (Wildman–Crippen LogP) is 9.42. The number of carbonyl (C=O) groups is 4. The number of anilines is 1. The lowest BCUT2D eigenvalue weighted by molar-refractivity contribution is -0.131. The number of ether oxygens (including phenoxy) is 3. The van der Waals surface area contributed by atoms with Gasteiger partial charge in [-0.25, -0.2) is 4.79 Å². The van der Waals surface area contributed by atoms with Crippen LogP contribution in [0.3, 0.4) is 0 Å². The Labute approximate surface area is 381 Å². The summed E-state index contributed by atoms with van der Waals surface area (Å²) in [4.78, 5) is 53.4. The van der Waals surface area contributed by atoms with E-state index in [1.807, 2.05) is 105 Å². The molecular weight excluding hydrogens is 817 g/mol. The lowest BCUT2D eigenvalue weighted by Crippen LogP contribution is -2.53. The number of hydrogen-bond acceptors (Lipinski definition) is 8. The van der Waals surface area contributed by atoms with Gasteiger partial charge in [0.05, 0.1) is 12.6 Å². The van der Waals surface area contributed by atoms with Crippen molar-refractivity contribution in [3.05, 3.63) is 197 Å². The zero-order valence-electron chi connectivity index (χ0n) is 37.3. The Bertz CT molecular complexity index is 2370. The Balaban J connectivity index is 1.17. The van der Waals surface area contributed by atoms with Crippen LogP contribution in [0.25, 0.3) is 0 Å². The minimum Gasteiger partial charge on any atom is -0.497 e. The minimum absolute atomic E-state index is 0.0352. The Kier molecular flexibility index (Phi) is 17.4. The van der Waals surface area contributed by atoms with Gasteiger partial charge in [-0.05, 0) is 103 Å².